The van der Waals surface area contributed by atoms with E-state index in [1.54, 1.807) is 0 Å². The highest BCUT2D eigenvalue weighted by atomic mass is 14.6. The highest BCUT2D eigenvalue weighted by Crippen LogP contribution is 2.64. The first-order valence-corrected chi connectivity index (χ1v) is 3.49. The maximum absolute atomic E-state index is 8.74. The van der Waals surface area contributed by atoms with Crippen LogP contribution in [0.15, 0.2) is 0 Å². The quantitative estimate of drug-likeness (QED) is 0.525. The molecule has 0 bridgehead atoms. The molecule has 0 heterocycles. The lowest BCUT2D eigenvalue weighted by molar-refractivity contribution is 0.463. The Morgan fingerprint density at radius 1 is 1.56 bits per heavy atom. The summed E-state index contributed by atoms with van der Waals surface area (Å²) in [5.41, 5.74) is 0.337. The van der Waals surface area contributed by atoms with Crippen molar-refractivity contribution in [3.05, 3.63) is 0 Å². The fourth-order valence-electron chi connectivity index (χ4n) is 1.58. The molecule has 0 aliphatic heterocycles. The topological polar surface area (TPSA) is 23.8 Å². The molecule has 1 aliphatic carbocycles. The number of nitrogens with zero attached hydrogens (tertiary/aromatic N) is 1. The summed E-state index contributed by atoms with van der Waals surface area (Å²) in [6, 6.07) is 2.39. The third-order valence-corrected chi connectivity index (χ3v) is 2.73. The van der Waals surface area contributed by atoms with Crippen molar-refractivity contribution in [2.24, 2.45) is 10.8 Å². The van der Waals surface area contributed by atoms with Gasteiger partial charge in [-0.05, 0) is 18.3 Å². The van der Waals surface area contributed by atoms with Gasteiger partial charge in [-0.15, -0.1) is 0 Å². The molecule has 0 amide bonds. The van der Waals surface area contributed by atoms with Crippen molar-refractivity contribution >= 4 is 0 Å². The van der Waals surface area contributed by atoms with E-state index >= 15 is 0 Å². The van der Waals surface area contributed by atoms with E-state index in [9.17, 15) is 0 Å². The molecule has 1 atom stereocenters. The fourth-order valence-corrected chi connectivity index (χ4v) is 1.58. The lowest BCUT2D eigenvalue weighted by Crippen LogP contribution is -2.03. The summed E-state index contributed by atoms with van der Waals surface area (Å²) in [5, 5.41) is 8.74. The van der Waals surface area contributed by atoms with Crippen molar-refractivity contribution < 1.29 is 0 Å². The number of nitriles is 1. The average molecular weight is 123 g/mol. The second-order valence-corrected chi connectivity index (χ2v) is 3.61. The zero-order chi connectivity index (χ0) is 7.12. The molecule has 1 saturated carbocycles. The predicted molar refractivity (Wildman–Crippen MR) is 36.7 cm³/mol. The van der Waals surface area contributed by atoms with Gasteiger partial charge in [0.2, 0.25) is 0 Å². The number of hydrogen-bond acceptors (Lipinski definition) is 1. The largest absolute Gasteiger partial charge is 0.198 e. The SMILES string of the molecule is CCC1(C#N)CC1(C)C. The van der Waals surface area contributed by atoms with Crippen LogP contribution >= 0.6 is 0 Å². The Labute approximate surface area is 56.7 Å². The van der Waals surface area contributed by atoms with Crippen LogP contribution in [-0.2, 0) is 0 Å². The zero-order valence-electron chi connectivity index (χ0n) is 6.36. The molecular weight excluding hydrogens is 110 g/mol. The van der Waals surface area contributed by atoms with E-state index in [0.717, 1.165) is 12.8 Å². The third kappa shape index (κ3) is 0.660. The molecule has 1 fully saturated rings. The van der Waals surface area contributed by atoms with Gasteiger partial charge in [0.05, 0.1) is 11.5 Å². The Kier molecular flexibility index (Phi) is 1.10. The highest BCUT2D eigenvalue weighted by molar-refractivity contribution is 5.20. The summed E-state index contributed by atoms with van der Waals surface area (Å²) in [7, 11) is 0. The normalized spacial score (nSPS) is 37.6. The van der Waals surface area contributed by atoms with Crippen LogP contribution in [0.3, 0.4) is 0 Å². The standard InChI is InChI=1S/C8H13N/c1-4-8(6-9)5-7(8,2)3/h4-5H2,1-3H3. The van der Waals surface area contributed by atoms with Crippen molar-refractivity contribution in [2.45, 2.75) is 33.6 Å². The van der Waals surface area contributed by atoms with E-state index in [4.69, 9.17) is 5.26 Å². The molecule has 0 aromatic heterocycles. The van der Waals surface area contributed by atoms with Crippen molar-refractivity contribution in [3.8, 4) is 6.07 Å². The Morgan fingerprint density at radius 2 is 2.00 bits per heavy atom. The lowest BCUT2D eigenvalue weighted by Gasteiger charge is -2.06. The van der Waals surface area contributed by atoms with Gasteiger partial charge in [-0.1, -0.05) is 20.8 Å². The van der Waals surface area contributed by atoms with Crippen LogP contribution in [0.5, 0.6) is 0 Å². The maximum atomic E-state index is 8.74. The molecule has 50 valence electrons. The van der Waals surface area contributed by atoms with Gasteiger partial charge in [0.25, 0.3) is 0 Å². The second-order valence-electron chi connectivity index (χ2n) is 3.61. The molecule has 0 N–H and O–H groups in total. The Balaban J connectivity index is 2.72. The molecule has 0 aromatic carbocycles. The van der Waals surface area contributed by atoms with Gasteiger partial charge in [-0.2, -0.15) is 5.26 Å². The molecule has 1 aliphatic rings. The molecular formula is C8H13N. The average Bonchev–Trinajstić information content (AvgIpc) is 2.35. The Morgan fingerprint density at radius 3 is 2.00 bits per heavy atom. The molecule has 1 nitrogen and oxygen atoms in total. The first kappa shape index (κ1) is 6.61. The molecule has 9 heavy (non-hydrogen) atoms. The van der Waals surface area contributed by atoms with Crippen LogP contribution < -0.4 is 0 Å². The second kappa shape index (κ2) is 1.50. The summed E-state index contributed by atoms with van der Waals surface area (Å²) < 4.78 is 0. The van der Waals surface area contributed by atoms with Crippen molar-refractivity contribution in [2.75, 3.05) is 0 Å². The van der Waals surface area contributed by atoms with Gasteiger partial charge in [-0.25, -0.2) is 0 Å². The molecule has 0 saturated heterocycles. The van der Waals surface area contributed by atoms with Gasteiger partial charge in [0.1, 0.15) is 0 Å². The molecule has 1 rings (SSSR count). The monoisotopic (exact) mass is 123 g/mol. The van der Waals surface area contributed by atoms with Crippen LogP contribution in [-0.4, -0.2) is 0 Å². The van der Waals surface area contributed by atoms with Crippen molar-refractivity contribution in [1.82, 2.24) is 0 Å². The Hall–Kier alpha value is -0.510. The number of hydrogen-bond donors (Lipinski definition) is 0. The minimum atomic E-state index is 0.0347. The van der Waals surface area contributed by atoms with E-state index in [2.05, 4.69) is 26.8 Å². The smallest absolute Gasteiger partial charge is 0.0695 e. The zero-order valence-corrected chi connectivity index (χ0v) is 6.36. The minimum Gasteiger partial charge on any atom is -0.198 e. The summed E-state index contributed by atoms with van der Waals surface area (Å²) in [6.07, 6.45) is 2.10. The lowest BCUT2D eigenvalue weighted by atomic mass is 9.95. The van der Waals surface area contributed by atoms with Crippen LogP contribution in [0, 0.1) is 22.2 Å². The Bertz CT molecular complexity index is 164. The molecule has 1 unspecified atom stereocenters. The van der Waals surface area contributed by atoms with Gasteiger partial charge >= 0.3 is 0 Å². The summed E-state index contributed by atoms with van der Waals surface area (Å²) >= 11 is 0. The molecule has 0 radical (unpaired) electrons. The highest BCUT2D eigenvalue weighted by Gasteiger charge is 2.60. The van der Waals surface area contributed by atoms with E-state index in [-0.39, 0.29) is 5.41 Å². The van der Waals surface area contributed by atoms with E-state index in [1.807, 2.05) is 0 Å². The van der Waals surface area contributed by atoms with E-state index < -0.39 is 0 Å². The summed E-state index contributed by atoms with van der Waals surface area (Å²) in [6.45, 7) is 6.43. The number of rotatable bonds is 1. The van der Waals surface area contributed by atoms with E-state index in [0.29, 0.717) is 5.41 Å². The van der Waals surface area contributed by atoms with Crippen LogP contribution in [0.25, 0.3) is 0 Å². The first-order chi connectivity index (χ1) is 4.08. The summed E-state index contributed by atoms with van der Waals surface area (Å²) in [5.74, 6) is 0. The van der Waals surface area contributed by atoms with Gasteiger partial charge in [0, 0.05) is 0 Å². The van der Waals surface area contributed by atoms with Crippen LogP contribution in [0.4, 0.5) is 0 Å². The predicted octanol–water partition coefficient (Wildman–Crippen LogP) is 2.34. The maximum Gasteiger partial charge on any atom is 0.0695 e. The molecule has 1 heteroatoms. The van der Waals surface area contributed by atoms with Gasteiger partial charge < -0.3 is 0 Å². The van der Waals surface area contributed by atoms with Crippen molar-refractivity contribution in [3.63, 3.8) is 0 Å². The fraction of sp³-hybridized carbons (Fsp3) is 0.875. The van der Waals surface area contributed by atoms with Crippen LogP contribution in [0.1, 0.15) is 33.6 Å². The van der Waals surface area contributed by atoms with Gasteiger partial charge in [0.15, 0.2) is 0 Å². The summed E-state index contributed by atoms with van der Waals surface area (Å²) in [4.78, 5) is 0. The van der Waals surface area contributed by atoms with Gasteiger partial charge in [-0.3, -0.25) is 0 Å². The molecule has 0 aromatic rings. The van der Waals surface area contributed by atoms with Crippen molar-refractivity contribution in [1.29, 1.82) is 5.26 Å². The third-order valence-electron chi connectivity index (χ3n) is 2.73. The molecule has 0 spiro atoms. The first-order valence-electron chi connectivity index (χ1n) is 3.49. The minimum absolute atomic E-state index is 0.0347. The van der Waals surface area contributed by atoms with Crippen LogP contribution in [0.2, 0.25) is 0 Å². The van der Waals surface area contributed by atoms with E-state index in [1.165, 1.54) is 0 Å².